The van der Waals surface area contributed by atoms with Crippen molar-refractivity contribution in [2.24, 2.45) is 5.10 Å². The Bertz CT molecular complexity index is 1250. The van der Waals surface area contributed by atoms with E-state index in [1.807, 2.05) is 19.1 Å². The number of benzene rings is 3. The number of rotatable bonds is 12. The number of carbonyl (C=O) groups excluding carboxylic acids is 2. The Balaban J connectivity index is 1.53. The SMILES string of the molecule is CCOc1cc(/C=N/NC(=O)CNC(=O)c2ccc(OC)c(OC)c2)ccc1OCc1ccc(Cl)cc1. The average molecular weight is 526 g/mol. The van der Waals surface area contributed by atoms with Gasteiger partial charge < -0.3 is 24.3 Å². The fraction of sp³-hybridized carbons (Fsp3) is 0.222. The summed E-state index contributed by atoms with van der Waals surface area (Å²) in [7, 11) is 2.98. The molecular formula is C27H28ClN3O6. The minimum absolute atomic E-state index is 0.258. The van der Waals surface area contributed by atoms with Gasteiger partial charge in [0.15, 0.2) is 23.0 Å². The van der Waals surface area contributed by atoms with E-state index in [-0.39, 0.29) is 6.54 Å². The van der Waals surface area contributed by atoms with Gasteiger partial charge in [0.2, 0.25) is 0 Å². The molecular weight excluding hydrogens is 498 g/mol. The number of halogens is 1. The highest BCUT2D eigenvalue weighted by atomic mass is 35.5. The van der Waals surface area contributed by atoms with Gasteiger partial charge in [0.05, 0.1) is 33.6 Å². The molecule has 3 aromatic carbocycles. The summed E-state index contributed by atoms with van der Waals surface area (Å²) in [5.41, 5.74) is 4.38. The summed E-state index contributed by atoms with van der Waals surface area (Å²) in [5.74, 6) is 1.12. The third kappa shape index (κ3) is 8.15. The Hall–Kier alpha value is -4.24. The second-order valence-electron chi connectivity index (χ2n) is 7.60. The molecule has 0 fully saturated rings. The molecule has 2 N–H and O–H groups in total. The summed E-state index contributed by atoms with van der Waals surface area (Å²) in [5, 5.41) is 7.15. The first-order valence-corrected chi connectivity index (χ1v) is 11.8. The van der Waals surface area contributed by atoms with Crippen LogP contribution in [0.15, 0.2) is 65.8 Å². The molecule has 0 heterocycles. The number of methoxy groups -OCH3 is 2. The first-order valence-electron chi connectivity index (χ1n) is 11.4. The van der Waals surface area contributed by atoms with Crippen molar-refractivity contribution in [3.8, 4) is 23.0 Å². The topological polar surface area (TPSA) is 107 Å². The molecule has 9 nitrogen and oxygen atoms in total. The number of hydrogen-bond donors (Lipinski definition) is 2. The largest absolute Gasteiger partial charge is 0.493 e. The van der Waals surface area contributed by atoms with Gasteiger partial charge in [-0.1, -0.05) is 23.7 Å². The van der Waals surface area contributed by atoms with E-state index in [1.165, 1.54) is 26.5 Å². The predicted octanol–water partition coefficient (Wildman–Crippen LogP) is 4.22. The molecule has 0 aromatic heterocycles. The van der Waals surface area contributed by atoms with Gasteiger partial charge in [-0.05, 0) is 66.6 Å². The van der Waals surface area contributed by atoms with Crippen LogP contribution in [0, 0.1) is 0 Å². The summed E-state index contributed by atoms with van der Waals surface area (Å²) < 4.78 is 21.9. The van der Waals surface area contributed by atoms with Crippen LogP contribution in [-0.4, -0.2) is 45.4 Å². The van der Waals surface area contributed by atoms with Crippen molar-refractivity contribution >= 4 is 29.6 Å². The molecule has 37 heavy (non-hydrogen) atoms. The zero-order chi connectivity index (χ0) is 26.6. The predicted molar refractivity (Wildman–Crippen MR) is 141 cm³/mol. The van der Waals surface area contributed by atoms with Gasteiger partial charge >= 0.3 is 0 Å². The van der Waals surface area contributed by atoms with E-state index >= 15 is 0 Å². The molecule has 0 atom stereocenters. The Morgan fingerprint density at radius 3 is 2.32 bits per heavy atom. The number of hydrogen-bond acceptors (Lipinski definition) is 7. The van der Waals surface area contributed by atoms with E-state index in [4.69, 9.17) is 30.5 Å². The lowest BCUT2D eigenvalue weighted by Gasteiger charge is -2.12. The average Bonchev–Trinajstić information content (AvgIpc) is 2.92. The molecule has 10 heteroatoms. The van der Waals surface area contributed by atoms with Crippen molar-refractivity contribution in [3.05, 3.63) is 82.4 Å². The standard InChI is InChI=1S/C27H28ClN3O6/c1-4-36-25-13-19(7-11-23(25)37-17-18-5-9-21(28)10-6-18)15-30-31-26(32)16-29-27(33)20-8-12-22(34-2)24(14-20)35-3/h5-15H,4,16-17H2,1-3H3,(H,29,33)(H,31,32)/b30-15+. The smallest absolute Gasteiger partial charge is 0.259 e. The molecule has 0 aliphatic carbocycles. The first kappa shape index (κ1) is 27.3. The van der Waals surface area contributed by atoms with E-state index in [9.17, 15) is 9.59 Å². The molecule has 0 saturated heterocycles. The molecule has 3 rings (SSSR count). The number of carbonyl (C=O) groups is 2. The molecule has 0 radical (unpaired) electrons. The highest BCUT2D eigenvalue weighted by Gasteiger charge is 2.12. The summed E-state index contributed by atoms with van der Waals surface area (Å²) in [4.78, 5) is 24.5. The van der Waals surface area contributed by atoms with Gasteiger partial charge in [-0.15, -0.1) is 0 Å². The van der Waals surface area contributed by atoms with Gasteiger partial charge in [0.1, 0.15) is 6.61 Å². The van der Waals surface area contributed by atoms with Crippen molar-refractivity contribution in [2.45, 2.75) is 13.5 Å². The van der Waals surface area contributed by atoms with Gasteiger partial charge in [-0.2, -0.15) is 5.10 Å². The lowest BCUT2D eigenvalue weighted by atomic mass is 10.2. The van der Waals surface area contributed by atoms with Gasteiger partial charge in [-0.3, -0.25) is 9.59 Å². The van der Waals surface area contributed by atoms with Crippen LogP contribution in [0.1, 0.15) is 28.4 Å². The lowest BCUT2D eigenvalue weighted by Crippen LogP contribution is -2.34. The Kier molecular flexibility index (Phi) is 10.2. The number of hydrazone groups is 1. The molecule has 0 spiro atoms. The first-order chi connectivity index (χ1) is 17.9. The maximum Gasteiger partial charge on any atom is 0.259 e. The zero-order valence-electron chi connectivity index (χ0n) is 20.7. The zero-order valence-corrected chi connectivity index (χ0v) is 21.5. The molecule has 2 amide bonds. The Morgan fingerprint density at radius 2 is 1.62 bits per heavy atom. The molecule has 0 aliphatic rings. The number of ether oxygens (including phenoxy) is 4. The monoisotopic (exact) mass is 525 g/mol. The minimum atomic E-state index is -0.488. The van der Waals surface area contributed by atoms with Gasteiger partial charge in [0.25, 0.3) is 11.8 Å². The molecule has 0 saturated carbocycles. The summed E-state index contributed by atoms with van der Waals surface area (Å²) in [6, 6.07) is 17.4. The van der Waals surface area contributed by atoms with Crippen LogP contribution in [0.3, 0.4) is 0 Å². The van der Waals surface area contributed by atoms with Gasteiger partial charge in [-0.25, -0.2) is 5.43 Å². The maximum atomic E-state index is 12.3. The van der Waals surface area contributed by atoms with Crippen LogP contribution in [0.5, 0.6) is 23.0 Å². The van der Waals surface area contributed by atoms with Crippen LogP contribution >= 0.6 is 11.6 Å². The summed E-state index contributed by atoms with van der Waals surface area (Å²) >= 11 is 5.92. The fourth-order valence-corrected chi connectivity index (χ4v) is 3.32. The third-order valence-corrected chi connectivity index (χ3v) is 5.29. The van der Waals surface area contributed by atoms with Crippen LogP contribution in [0.2, 0.25) is 5.02 Å². The molecule has 194 valence electrons. The molecule has 0 aliphatic heterocycles. The second-order valence-corrected chi connectivity index (χ2v) is 8.04. The molecule has 3 aromatic rings. The fourth-order valence-electron chi connectivity index (χ4n) is 3.19. The van der Waals surface area contributed by atoms with Crippen molar-refractivity contribution in [3.63, 3.8) is 0 Å². The van der Waals surface area contributed by atoms with Crippen molar-refractivity contribution in [2.75, 3.05) is 27.4 Å². The summed E-state index contributed by atoms with van der Waals surface area (Å²) in [6.07, 6.45) is 1.47. The van der Waals surface area contributed by atoms with Crippen molar-refractivity contribution in [1.82, 2.24) is 10.7 Å². The Morgan fingerprint density at radius 1 is 0.892 bits per heavy atom. The number of amides is 2. The van der Waals surface area contributed by atoms with Crippen LogP contribution in [-0.2, 0) is 11.4 Å². The van der Waals surface area contributed by atoms with Crippen LogP contribution < -0.4 is 29.7 Å². The van der Waals surface area contributed by atoms with E-state index < -0.39 is 11.8 Å². The molecule has 0 bridgehead atoms. The van der Waals surface area contributed by atoms with Crippen LogP contribution in [0.4, 0.5) is 0 Å². The minimum Gasteiger partial charge on any atom is -0.493 e. The highest BCUT2D eigenvalue weighted by Crippen LogP contribution is 2.29. The van der Waals surface area contributed by atoms with Crippen molar-refractivity contribution < 1.29 is 28.5 Å². The van der Waals surface area contributed by atoms with Crippen LogP contribution in [0.25, 0.3) is 0 Å². The number of nitrogens with zero attached hydrogens (tertiary/aromatic N) is 1. The third-order valence-electron chi connectivity index (χ3n) is 5.03. The number of nitrogens with one attached hydrogen (secondary N) is 2. The van der Waals surface area contributed by atoms with E-state index in [2.05, 4.69) is 15.8 Å². The van der Waals surface area contributed by atoms with E-state index in [0.717, 1.165) is 5.56 Å². The van der Waals surface area contributed by atoms with E-state index in [0.29, 0.717) is 52.4 Å². The second kappa shape index (κ2) is 13.7. The summed E-state index contributed by atoms with van der Waals surface area (Å²) in [6.45, 7) is 2.43. The molecule has 0 unspecified atom stereocenters. The van der Waals surface area contributed by atoms with Gasteiger partial charge in [0, 0.05) is 10.6 Å². The lowest BCUT2D eigenvalue weighted by molar-refractivity contribution is -0.120. The van der Waals surface area contributed by atoms with Crippen molar-refractivity contribution in [1.29, 1.82) is 0 Å². The quantitative estimate of drug-likeness (QED) is 0.271. The normalized spacial score (nSPS) is 10.6. The highest BCUT2D eigenvalue weighted by molar-refractivity contribution is 6.30. The Labute approximate surface area is 220 Å². The maximum absolute atomic E-state index is 12.3. The van der Waals surface area contributed by atoms with E-state index in [1.54, 1.807) is 42.5 Å².